The molecule has 0 aliphatic heterocycles. The highest BCUT2D eigenvalue weighted by atomic mass is 16.5. The van der Waals surface area contributed by atoms with Gasteiger partial charge in [-0.05, 0) is 31.8 Å². The van der Waals surface area contributed by atoms with Gasteiger partial charge in [-0.3, -0.25) is 4.79 Å². The molecule has 0 aromatic heterocycles. The van der Waals surface area contributed by atoms with Crippen molar-refractivity contribution in [3.63, 3.8) is 0 Å². The van der Waals surface area contributed by atoms with E-state index in [0.717, 1.165) is 12.8 Å². The lowest BCUT2D eigenvalue weighted by Crippen LogP contribution is -2.02. The Morgan fingerprint density at radius 2 is 2.18 bits per heavy atom. The molecule has 1 saturated carbocycles. The quantitative estimate of drug-likeness (QED) is 0.578. The van der Waals surface area contributed by atoms with Crippen LogP contribution in [0.2, 0.25) is 0 Å². The third-order valence-electron chi connectivity index (χ3n) is 1.90. The number of hydrogen-bond donors (Lipinski definition) is 0. The van der Waals surface area contributed by atoms with Crippen LogP contribution in [0, 0.1) is 0 Å². The SMILES string of the molecule is COCC(=O)C=C1CCCC1. The van der Waals surface area contributed by atoms with Crippen LogP contribution in [-0.2, 0) is 9.53 Å². The van der Waals surface area contributed by atoms with Crippen molar-refractivity contribution in [3.8, 4) is 0 Å². The molecule has 0 unspecified atom stereocenters. The van der Waals surface area contributed by atoms with Gasteiger partial charge in [-0.25, -0.2) is 0 Å². The minimum atomic E-state index is 0.101. The topological polar surface area (TPSA) is 26.3 Å². The second kappa shape index (κ2) is 4.29. The first-order chi connectivity index (χ1) is 5.33. The molecule has 0 aromatic rings. The van der Waals surface area contributed by atoms with Crippen molar-refractivity contribution in [1.82, 2.24) is 0 Å². The summed E-state index contributed by atoms with van der Waals surface area (Å²) < 4.78 is 4.72. The molecule has 1 aliphatic carbocycles. The van der Waals surface area contributed by atoms with Gasteiger partial charge in [0.2, 0.25) is 0 Å². The predicted molar refractivity (Wildman–Crippen MR) is 43.4 cm³/mol. The van der Waals surface area contributed by atoms with Crippen LogP contribution in [0.5, 0.6) is 0 Å². The second-order valence-corrected chi connectivity index (χ2v) is 2.91. The Hall–Kier alpha value is -0.630. The third-order valence-corrected chi connectivity index (χ3v) is 1.90. The van der Waals surface area contributed by atoms with E-state index in [1.807, 2.05) is 0 Å². The number of rotatable bonds is 3. The summed E-state index contributed by atoms with van der Waals surface area (Å²) in [7, 11) is 1.55. The highest BCUT2D eigenvalue weighted by molar-refractivity contribution is 5.91. The van der Waals surface area contributed by atoms with Gasteiger partial charge >= 0.3 is 0 Å². The van der Waals surface area contributed by atoms with Gasteiger partial charge in [-0.1, -0.05) is 5.57 Å². The molecule has 2 heteroatoms. The van der Waals surface area contributed by atoms with E-state index in [2.05, 4.69) is 0 Å². The lowest BCUT2D eigenvalue weighted by atomic mass is 10.2. The molecule has 11 heavy (non-hydrogen) atoms. The molecule has 0 spiro atoms. The van der Waals surface area contributed by atoms with E-state index in [0.29, 0.717) is 0 Å². The Bertz CT molecular complexity index is 162. The van der Waals surface area contributed by atoms with Crippen LogP contribution >= 0.6 is 0 Å². The summed E-state index contributed by atoms with van der Waals surface area (Å²) in [4.78, 5) is 11.0. The van der Waals surface area contributed by atoms with Crippen molar-refractivity contribution in [2.24, 2.45) is 0 Å². The summed E-state index contributed by atoms with van der Waals surface area (Å²) in [5, 5.41) is 0. The molecular formula is C9H14O2. The third kappa shape index (κ3) is 2.85. The monoisotopic (exact) mass is 154 g/mol. The summed E-state index contributed by atoms with van der Waals surface area (Å²) in [5.74, 6) is 0.101. The van der Waals surface area contributed by atoms with Gasteiger partial charge in [-0.15, -0.1) is 0 Å². The molecule has 1 rings (SSSR count). The van der Waals surface area contributed by atoms with Gasteiger partial charge in [-0.2, -0.15) is 0 Å². The van der Waals surface area contributed by atoms with Gasteiger partial charge in [0.05, 0.1) is 0 Å². The number of ketones is 1. The van der Waals surface area contributed by atoms with E-state index in [1.165, 1.54) is 18.4 Å². The highest BCUT2D eigenvalue weighted by Crippen LogP contribution is 2.23. The van der Waals surface area contributed by atoms with Crippen LogP contribution in [-0.4, -0.2) is 19.5 Å². The van der Waals surface area contributed by atoms with Crippen molar-refractivity contribution in [3.05, 3.63) is 11.6 Å². The predicted octanol–water partition coefficient (Wildman–Crippen LogP) is 1.70. The molecule has 0 radical (unpaired) electrons. The number of carbonyl (C=O) groups excluding carboxylic acids is 1. The molecule has 0 aromatic carbocycles. The van der Waals surface area contributed by atoms with Gasteiger partial charge in [0.25, 0.3) is 0 Å². The van der Waals surface area contributed by atoms with Crippen LogP contribution in [0.3, 0.4) is 0 Å². The maximum atomic E-state index is 11.0. The highest BCUT2D eigenvalue weighted by Gasteiger charge is 2.07. The summed E-state index contributed by atoms with van der Waals surface area (Å²) in [6, 6.07) is 0. The maximum Gasteiger partial charge on any atom is 0.181 e. The summed E-state index contributed by atoms with van der Waals surface area (Å²) in [5.41, 5.74) is 1.30. The molecule has 0 bridgehead atoms. The van der Waals surface area contributed by atoms with E-state index in [1.54, 1.807) is 13.2 Å². The summed E-state index contributed by atoms with van der Waals surface area (Å²) in [6.07, 6.45) is 6.44. The van der Waals surface area contributed by atoms with Crippen molar-refractivity contribution in [2.45, 2.75) is 25.7 Å². The molecule has 0 heterocycles. The summed E-state index contributed by atoms with van der Waals surface area (Å²) >= 11 is 0. The van der Waals surface area contributed by atoms with E-state index >= 15 is 0 Å². The smallest absolute Gasteiger partial charge is 0.181 e. The molecule has 0 N–H and O–H groups in total. The van der Waals surface area contributed by atoms with Crippen molar-refractivity contribution in [1.29, 1.82) is 0 Å². The average Bonchev–Trinajstić information content (AvgIpc) is 2.40. The fourth-order valence-electron chi connectivity index (χ4n) is 1.39. The maximum absolute atomic E-state index is 11.0. The molecule has 2 nitrogen and oxygen atoms in total. The minimum absolute atomic E-state index is 0.101. The van der Waals surface area contributed by atoms with Gasteiger partial charge in [0.15, 0.2) is 5.78 Å². The fraction of sp³-hybridized carbons (Fsp3) is 0.667. The van der Waals surface area contributed by atoms with Crippen LogP contribution in [0.15, 0.2) is 11.6 Å². The minimum Gasteiger partial charge on any atom is -0.377 e. The normalized spacial score (nSPS) is 17.0. The number of ether oxygens (including phenoxy) is 1. The van der Waals surface area contributed by atoms with E-state index in [-0.39, 0.29) is 12.4 Å². The standard InChI is InChI=1S/C9H14O2/c1-11-7-9(10)6-8-4-2-3-5-8/h6H,2-5,7H2,1H3. The first-order valence-electron chi connectivity index (χ1n) is 4.04. The molecule has 1 aliphatic rings. The Balaban J connectivity index is 2.36. The van der Waals surface area contributed by atoms with Crippen LogP contribution < -0.4 is 0 Å². The lowest BCUT2D eigenvalue weighted by molar-refractivity contribution is -0.118. The van der Waals surface area contributed by atoms with Gasteiger partial charge < -0.3 is 4.74 Å². The van der Waals surface area contributed by atoms with E-state index in [4.69, 9.17) is 4.74 Å². The number of methoxy groups -OCH3 is 1. The Labute approximate surface area is 67.2 Å². The molecular weight excluding hydrogens is 140 g/mol. The first-order valence-corrected chi connectivity index (χ1v) is 4.04. The zero-order valence-electron chi connectivity index (χ0n) is 6.93. The molecule has 0 atom stereocenters. The van der Waals surface area contributed by atoms with Crippen molar-refractivity contribution < 1.29 is 9.53 Å². The largest absolute Gasteiger partial charge is 0.377 e. The number of allylic oxidation sites excluding steroid dienone is 1. The van der Waals surface area contributed by atoms with Crippen molar-refractivity contribution >= 4 is 5.78 Å². The Morgan fingerprint density at radius 3 is 2.73 bits per heavy atom. The number of carbonyl (C=O) groups is 1. The Morgan fingerprint density at radius 1 is 1.55 bits per heavy atom. The van der Waals surface area contributed by atoms with Crippen LogP contribution in [0.4, 0.5) is 0 Å². The first kappa shape index (κ1) is 8.47. The second-order valence-electron chi connectivity index (χ2n) is 2.91. The Kier molecular flexibility index (Phi) is 3.30. The van der Waals surface area contributed by atoms with Gasteiger partial charge in [0, 0.05) is 7.11 Å². The molecule has 0 saturated heterocycles. The zero-order valence-corrected chi connectivity index (χ0v) is 6.93. The van der Waals surface area contributed by atoms with Crippen LogP contribution in [0.25, 0.3) is 0 Å². The molecule has 0 amide bonds. The van der Waals surface area contributed by atoms with E-state index in [9.17, 15) is 4.79 Å². The fourth-order valence-corrected chi connectivity index (χ4v) is 1.39. The van der Waals surface area contributed by atoms with Crippen LogP contribution in [0.1, 0.15) is 25.7 Å². The lowest BCUT2D eigenvalue weighted by Gasteiger charge is -1.94. The van der Waals surface area contributed by atoms with Crippen molar-refractivity contribution in [2.75, 3.05) is 13.7 Å². The van der Waals surface area contributed by atoms with E-state index < -0.39 is 0 Å². The van der Waals surface area contributed by atoms with Gasteiger partial charge in [0.1, 0.15) is 6.61 Å². The molecule has 1 fully saturated rings. The average molecular weight is 154 g/mol. The number of hydrogen-bond acceptors (Lipinski definition) is 2. The molecule has 62 valence electrons. The summed E-state index contributed by atoms with van der Waals surface area (Å²) in [6.45, 7) is 0.226. The zero-order chi connectivity index (χ0) is 8.10.